The van der Waals surface area contributed by atoms with E-state index in [1.165, 1.54) is 12.8 Å². The Labute approximate surface area is 110 Å². The van der Waals surface area contributed by atoms with E-state index in [-0.39, 0.29) is 5.69 Å². The number of aromatic amines is 1. The van der Waals surface area contributed by atoms with E-state index in [9.17, 15) is 4.79 Å². The maximum atomic E-state index is 11.6. The van der Waals surface area contributed by atoms with E-state index >= 15 is 0 Å². The molecule has 98 valence electrons. The Bertz CT molecular complexity index is 498. The lowest BCUT2D eigenvalue weighted by atomic mass is 10.3. The van der Waals surface area contributed by atoms with Gasteiger partial charge in [-0.3, -0.25) is 4.57 Å². The molecule has 0 aliphatic heterocycles. The summed E-state index contributed by atoms with van der Waals surface area (Å²) in [7, 11) is 0. The van der Waals surface area contributed by atoms with Crippen LogP contribution in [0.1, 0.15) is 31.7 Å². The third kappa shape index (κ3) is 2.87. The zero-order valence-electron chi connectivity index (χ0n) is 10.3. The van der Waals surface area contributed by atoms with E-state index < -0.39 is 0 Å². The lowest BCUT2D eigenvalue weighted by molar-refractivity contribution is 0.642. The molecule has 2 fully saturated rings. The smallest absolute Gasteiger partial charge is 0.310 e. The average molecular weight is 266 g/mol. The Morgan fingerprint density at radius 2 is 2.28 bits per heavy atom. The first-order valence-corrected chi connectivity index (χ1v) is 7.42. The van der Waals surface area contributed by atoms with Crippen molar-refractivity contribution in [2.24, 2.45) is 0 Å². The van der Waals surface area contributed by atoms with Crippen LogP contribution in [0.5, 0.6) is 0 Å². The summed E-state index contributed by atoms with van der Waals surface area (Å²) in [6.07, 6.45) is 4.77. The van der Waals surface area contributed by atoms with E-state index in [4.69, 9.17) is 0 Å². The minimum absolute atomic E-state index is 0.0817. The third-order valence-corrected chi connectivity index (χ3v) is 4.31. The monoisotopic (exact) mass is 266 g/mol. The second-order valence-electron chi connectivity index (χ2n) is 5.11. The van der Waals surface area contributed by atoms with Gasteiger partial charge in [-0.05, 0) is 25.7 Å². The highest BCUT2D eigenvalue weighted by atomic mass is 32.2. The van der Waals surface area contributed by atoms with Gasteiger partial charge in [0.2, 0.25) is 0 Å². The van der Waals surface area contributed by atoms with E-state index in [1.807, 2.05) is 0 Å². The molecule has 2 aliphatic rings. The quantitative estimate of drug-likeness (QED) is 0.577. The summed E-state index contributed by atoms with van der Waals surface area (Å²) in [5, 5.41) is 10.9. The molecule has 2 saturated carbocycles. The second kappa shape index (κ2) is 4.93. The molecule has 0 unspecified atom stereocenters. The maximum Gasteiger partial charge on any atom is 0.344 e. The molecule has 5 nitrogen and oxygen atoms in total. The SMILES string of the molecule is C=C(CNC1CC1)CSc1n[nH]c(=O)n1C1CC1. The Morgan fingerprint density at radius 1 is 1.50 bits per heavy atom. The topological polar surface area (TPSA) is 62.7 Å². The number of thioether (sulfide) groups is 1. The summed E-state index contributed by atoms with van der Waals surface area (Å²) in [6.45, 7) is 4.93. The molecule has 2 aliphatic carbocycles. The van der Waals surface area contributed by atoms with Crippen LogP contribution in [-0.2, 0) is 0 Å². The molecule has 0 bridgehead atoms. The van der Waals surface area contributed by atoms with Crippen LogP contribution in [-0.4, -0.2) is 33.1 Å². The summed E-state index contributed by atoms with van der Waals surface area (Å²) >= 11 is 1.60. The number of aromatic nitrogens is 3. The Hall–Kier alpha value is -1.01. The van der Waals surface area contributed by atoms with Crippen LogP contribution in [0.15, 0.2) is 22.1 Å². The van der Waals surface area contributed by atoms with Crippen molar-refractivity contribution < 1.29 is 0 Å². The van der Waals surface area contributed by atoms with Gasteiger partial charge in [-0.2, -0.15) is 0 Å². The molecule has 1 aromatic rings. The number of rotatable bonds is 7. The van der Waals surface area contributed by atoms with Gasteiger partial charge in [0.05, 0.1) is 0 Å². The van der Waals surface area contributed by atoms with Crippen molar-refractivity contribution >= 4 is 11.8 Å². The summed E-state index contributed by atoms with van der Waals surface area (Å²) in [4.78, 5) is 11.6. The molecule has 2 N–H and O–H groups in total. The number of hydrogen-bond acceptors (Lipinski definition) is 4. The van der Waals surface area contributed by atoms with Crippen LogP contribution in [0.25, 0.3) is 0 Å². The van der Waals surface area contributed by atoms with Gasteiger partial charge in [-0.1, -0.05) is 23.9 Å². The molecule has 6 heteroatoms. The zero-order chi connectivity index (χ0) is 12.5. The zero-order valence-corrected chi connectivity index (χ0v) is 11.1. The molecule has 3 rings (SSSR count). The standard InChI is InChI=1S/C12H18N4OS/c1-8(6-13-9-2-3-9)7-18-12-15-14-11(17)16(12)10-4-5-10/h9-10,13H,1-7H2,(H,14,17). The van der Waals surface area contributed by atoms with Crippen LogP contribution in [0, 0.1) is 0 Å². The van der Waals surface area contributed by atoms with Crippen molar-refractivity contribution in [3.63, 3.8) is 0 Å². The molecule has 0 atom stereocenters. The minimum atomic E-state index is -0.0817. The molecule has 18 heavy (non-hydrogen) atoms. The van der Waals surface area contributed by atoms with Gasteiger partial charge < -0.3 is 5.32 Å². The van der Waals surface area contributed by atoms with E-state index in [0.29, 0.717) is 12.1 Å². The highest BCUT2D eigenvalue weighted by Crippen LogP contribution is 2.36. The van der Waals surface area contributed by atoms with Crippen molar-refractivity contribution in [2.45, 2.75) is 42.9 Å². The molecule has 0 spiro atoms. The second-order valence-corrected chi connectivity index (χ2v) is 6.05. The fourth-order valence-corrected chi connectivity index (χ4v) is 2.76. The number of nitrogens with one attached hydrogen (secondary N) is 2. The van der Waals surface area contributed by atoms with Crippen LogP contribution in [0.2, 0.25) is 0 Å². The highest BCUT2D eigenvalue weighted by molar-refractivity contribution is 7.99. The first-order valence-electron chi connectivity index (χ1n) is 6.44. The molecule has 0 saturated heterocycles. The lowest BCUT2D eigenvalue weighted by Crippen LogP contribution is -2.20. The Morgan fingerprint density at radius 3 is 2.94 bits per heavy atom. The average Bonchev–Trinajstić information content (AvgIpc) is 3.24. The lowest BCUT2D eigenvalue weighted by Gasteiger charge is -2.07. The number of nitrogens with zero attached hydrogens (tertiary/aromatic N) is 2. The van der Waals surface area contributed by atoms with Crippen LogP contribution in [0.4, 0.5) is 0 Å². The maximum absolute atomic E-state index is 11.6. The predicted octanol–water partition coefficient (Wildman–Crippen LogP) is 1.31. The van der Waals surface area contributed by atoms with Crippen molar-refractivity contribution in [2.75, 3.05) is 12.3 Å². The van der Waals surface area contributed by atoms with E-state index in [1.54, 1.807) is 16.3 Å². The van der Waals surface area contributed by atoms with Crippen molar-refractivity contribution in [1.82, 2.24) is 20.1 Å². The van der Waals surface area contributed by atoms with Crippen molar-refractivity contribution in [1.29, 1.82) is 0 Å². The normalized spacial score (nSPS) is 19.1. The third-order valence-electron chi connectivity index (χ3n) is 3.21. The van der Waals surface area contributed by atoms with Gasteiger partial charge in [-0.25, -0.2) is 9.89 Å². The molecule has 0 amide bonds. The van der Waals surface area contributed by atoms with Gasteiger partial charge in [0.15, 0.2) is 5.16 Å². The van der Waals surface area contributed by atoms with Crippen LogP contribution >= 0.6 is 11.8 Å². The summed E-state index contributed by atoms with van der Waals surface area (Å²) in [5.41, 5.74) is 1.08. The molecular formula is C12H18N4OS. The number of H-pyrrole nitrogens is 1. The van der Waals surface area contributed by atoms with E-state index in [2.05, 4.69) is 22.1 Å². The molecule has 1 heterocycles. The molecular weight excluding hydrogens is 248 g/mol. The summed E-state index contributed by atoms with van der Waals surface area (Å²) in [6, 6.07) is 1.08. The van der Waals surface area contributed by atoms with Crippen LogP contribution in [0.3, 0.4) is 0 Å². The summed E-state index contributed by atoms with van der Waals surface area (Å²) < 4.78 is 1.78. The Kier molecular flexibility index (Phi) is 3.30. The molecule has 1 aromatic heterocycles. The first-order chi connectivity index (χ1) is 8.74. The minimum Gasteiger partial charge on any atom is -0.310 e. The highest BCUT2D eigenvalue weighted by Gasteiger charge is 2.28. The van der Waals surface area contributed by atoms with Gasteiger partial charge in [-0.15, -0.1) is 5.10 Å². The van der Waals surface area contributed by atoms with Gasteiger partial charge >= 0.3 is 5.69 Å². The number of hydrogen-bond donors (Lipinski definition) is 2. The van der Waals surface area contributed by atoms with Crippen LogP contribution < -0.4 is 11.0 Å². The van der Waals surface area contributed by atoms with Crippen molar-refractivity contribution in [3.8, 4) is 0 Å². The Balaban J connectivity index is 1.52. The van der Waals surface area contributed by atoms with Gasteiger partial charge in [0.25, 0.3) is 0 Å². The molecule has 0 radical (unpaired) electrons. The first kappa shape index (κ1) is 12.0. The van der Waals surface area contributed by atoms with Crippen molar-refractivity contribution in [3.05, 3.63) is 22.6 Å². The fourth-order valence-electron chi connectivity index (χ4n) is 1.84. The van der Waals surface area contributed by atoms with Gasteiger partial charge in [0.1, 0.15) is 0 Å². The largest absolute Gasteiger partial charge is 0.344 e. The predicted molar refractivity (Wildman–Crippen MR) is 72.0 cm³/mol. The van der Waals surface area contributed by atoms with Gasteiger partial charge in [0, 0.05) is 24.4 Å². The molecule has 0 aromatic carbocycles. The van der Waals surface area contributed by atoms with E-state index in [0.717, 1.165) is 35.9 Å². The summed E-state index contributed by atoms with van der Waals surface area (Å²) in [5.74, 6) is 0.816. The fraction of sp³-hybridized carbons (Fsp3) is 0.667.